The van der Waals surface area contributed by atoms with E-state index in [1.165, 1.54) is 5.56 Å². The van der Waals surface area contributed by atoms with E-state index in [4.69, 9.17) is 14.5 Å². The van der Waals surface area contributed by atoms with Crippen molar-refractivity contribution in [3.63, 3.8) is 0 Å². The number of hydrogen-bond acceptors (Lipinski definition) is 5. The Morgan fingerprint density at radius 2 is 1.61 bits per heavy atom. The van der Waals surface area contributed by atoms with Gasteiger partial charge in [-0.2, -0.15) is 5.10 Å². The molecule has 31 heavy (non-hydrogen) atoms. The lowest BCUT2D eigenvalue weighted by molar-refractivity contribution is 0.356. The van der Waals surface area contributed by atoms with Crippen molar-refractivity contribution >= 4 is 21.8 Å². The number of aromatic hydroxyl groups is 1. The summed E-state index contributed by atoms with van der Waals surface area (Å²) in [4.78, 5) is 4.88. The molecule has 0 saturated heterocycles. The Morgan fingerprint density at radius 3 is 2.32 bits per heavy atom. The zero-order chi connectivity index (χ0) is 21.4. The second kappa shape index (κ2) is 7.65. The predicted octanol–water partition coefficient (Wildman–Crippen LogP) is 5.09. The minimum absolute atomic E-state index is 0.183. The van der Waals surface area contributed by atoms with Crippen LogP contribution >= 0.6 is 0 Å². The first-order valence-corrected chi connectivity index (χ1v) is 9.94. The average Bonchev–Trinajstić information content (AvgIpc) is 3.20. The van der Waals surface area contributed by atoms with E-state index in [0.29, 0.717) is 23.6 Å². The van der Waals surface area contributed by atoms with Gasteiger partial charge in [0, 0.05) is 22.8 Å². The minimum Gasteiger partial charge on any atom is -0.508 e. The second-order valence-corrected chi connectivity index (χ2v) is 7.32. The lowest BCUT2D eigenvalue weighted by Crippen LogP contribution is -1.95. The van der Waals surface area contributed by atoms with Crippen LogP contribution in [0.5, 0.6) is 17.2 Å². The van der Waals surface area contributed by atoms with Crippen molar-refractivity contribution in [3.05, 3.63) is 78.0 Å². The fraction of sp³-hybridized carbons (Fsp3) is 0.120. The number of aromatic nitrogens is 3. The highest BCUT2D eigenvalue weighted by atomic mass is 16.5. The van der Waals surface area contributed by atoms with Gasteiger partial charge in [-0.3, -0.25) is 5.10 Å². The number of pyridine rings is 1. The molecule has 2 heterocycles. The third kappa shape index (κ3) is 3.32. The average molecular weight is 411 g/mol. The molecule has 6 nitrogen and oxygen atoms in total. The number of fused-ring (bicyclic) bond motifs is 3. The van der Waals surface area contributed by atoms with Crippen LogP contribution in [0.4, 0.5) is 0 Å². The Morgan fingerprint density at radius 1 is 0.871 bits per heavy atom. The van der Waals surface area contributed by atoms with Gasteiger partial charge in [0.2, 0.25) is 0 Å². The summed E-state index contributed by atoms with van der Waals surface area (Å²) in [6.45, 7) is 0. The highest BCUT2D eigenvalue weighted by Crippen LogP contribution is 2.40. The van der Waals surface area contributed by atoms with Crippen molar-refractivity contribution in [2.75, 3.05) is 14.2 Å². The fourth-order valence-corrected chi connectivity index (χ4v) is 3.98. The van der Waals surface area contributed by atoms with Crippen molar-refractivity contribution in [3.8, 4) is 28.5 Å². The van der Waals surface area contributed by atoms with Gasteiger partial charge in [0.1, 0.15) is 5.75 Å². The van der Waals surface area contributed by atoms with Gasteiger partial charge < -0.3 is 14.6 Å². The van der Waals surface area contributed by atoms with Crippen molar-refractivity contribution in [2.24, 2.45) is 0 Å². The van der Waals surface area contributed by atoms with Crippen LogP contribution in [0.3, 0.4) is 0 Å². The Hall–Kier alpha value is -4.06. The molecular weight excluding hydrogens is 390 g/mol. The molecule has 0 radical (unpaired) electrons. The molecule has 5 rings (SSSR count). The highest BCUT2D eigenvalue weighted by Gasteiger charge is 2.19. The van der Waals surface area contributed by atoms with Crippen molar-refractivity contribution in [2.45, 2.75) is 6.42 Å². The summed E-state index contributed by atoms with van der Waals surface area (Å²) in [6, 6.07) is 21.2. The molecule has 0 spiro atoms. The normalized spacial score (nSPS) is 11.2. The van der Waals surface area contributed by atoms with Crippen LogP contribution in [0.15, 0.2) is 66.7 Å². The molecule has 0 aliphatic carbocycles. The zero-order valence-corrected chi connectivity index (χ0v) is 17.2. The summed E-state index contributed by atoms with van der Waals surface area (Å²) in [5.74, 6) is 1.43. The number of phenols is 1. The lowest BCUT2D eigenvalue weighted by Gasteiger charge is -2.13. The number of nitrogens with one attached hydrogen (secondary N) is 1. The van der Waals surface area contributed by atoms with Crippen molar-refractivity contribution in [1.29, 1.82) is 0 Å². The number of H-pyrrole nitrogens is 1. The van der Waals surface area contributed by atoms with E-state index >= 15 is 0 Å². The quantitative estimate of drug-likeness (QED) is 0.421. The molecule has 5 aromatic rings. The Bertz CT molecular complexity index is 1390. The van der Waals surface area contributed by atoms with E-state index in [1.54, 1.807) is 32.4 Å². The summed E-state index contributed by atoms with van der Waals surface area (Å²) in [7, 11) is 3.24. The summed E-state index contributed by atoms with van der Waals surface area (Å²) in [6.07, 6.45) is 0.678. The molecule has 0 fully saturated rings. The van der Waals surface area contributed by atoms with Crippen molar-refractivity contribution < 1.29 is 14.6 Å². The predicted molar refractivity (Wildman–Crippen MR) is 121 cm³/mol. The molecule has 0 bridgehead atoms. The molecule has 2 aromatic heterocycles. The van der Waals surface area contributed by atoms with Crippen LogP contribution in [0.1, 0.15) is 11.3 Å². The number of nitrogens with zero attached hydrogens (tertiary/aromatic N) is 2. The summed E-state index contributed by atoms with van der Waals surface area (Å²) in [5, 5.41) is 20.5. The molecule has 154 valence electrons. The van der Waals surface area contributed by atoms with E-state index < -0.39 is 0 Å². The number of methoxy groups -OCH3 is 2. The summed E-state index contributed by atoms with van der Waals surface area (Å²) in [5.41, 5.74) is 4.30. The Balaban J connectivity index is 1.82. The first-order chi connectivity index (χ1) is 15.2. The van der Waals surface area contributed by atoms with Crippen LogP contribution in [0.2, 0.25) is 0 Å². The zero-order valence-electron chi connectivity index (χ0n) is 17.2. The first kappa shape index (κ1) is 18.9. The highest BCUT2D eigenvalue weighted by molar-refractivity contribution is 6.12. The number of benzene rings is 3. The maximum Gasteiger partial charge on any atom is 0.161 e. The molecule has 0 aliphatic heterocycles. The van der Waals surface area contributed by atoms with Gasteiger partial charge in [-0.15, -0.1) is 0 Å². The number of rotatable bonds is 5. The largest absolute Gasteiger partial charge is 0.508 e. The van der Waals surface area contributed by atoms with E-state index in [9.17, 15) is 5.11 Å². The number of hydrogen-bond donors (Lipinski definition) is 2. The SMILES string of the molecule is COc1cc2c(-c3cccc(O)c3)nc3[nH]nc(Cc4ccccc4)c3c2cc1OC. The maximum absolute atomic E-state index is 10.0. The second-order valence-electron chi connectivity index (χ2n) is 7.32. The molecule has 6 heteroatoms. The van der Waals surface area contributed by atoms with E-state index in [-0.39, 0.29) is 5.75 Å². The van der Waals surface area contributed by atoms with Crippen LogP contribution < -0.4 is 9.47 Å². The lowest BCUT2D eigenvalue weighted by atomic mass is 9.98. The number of ether oxygens (including phenoxy) is 2. The third-order valence-electron chi connectivity index (χ3n) is 5.43. The summed E-state index contributed by atoms with van der Waals surface area (Å²) >= 11 is 0. The molecular formula is C25H21N3O3. The first-order valence-electron chi connectivity index (χ1n) is 9.94. The molecule has 0 aliphatic rings. The number of aromatic amines is 1. The smallest absolute Gasteiger partial charge is 0.161 e. The van der Waals surface area contributed by atoms with Crippen LogP contribution in [0, 0.1) is 0 Å². The molecule has 2 N–H and O–H groups in total. The van der Waals surface area contributed by atoms with Gasteiger partial charge in [0.05, 0.1) is 31.0 Å². The summed E-state index contributed by atoms with van der Waals surface area (Å²) < 4.78 is 11.1. The molecule has 0 amide bonds. The monoisotopic (exact) mass is 411 g/mol. The van der Waals surface area contributed by atoms with Crippen LogP contribution in [-0.2, 0) is 6.42 Å². The third-order valence-corrected chi connectivity index (χ3v) is 5.43. The van der Waals surface area contributed by atoms with E-state index in [2.05, 4.69) is 22.3 Å². The molecule has 0 atom stereocenters. The van der Waals surface area contributed by atoms with Gasteiger partial charge in [0.15, 0.2) is 17.1 Å². The maximum atomic E-state index is 10.0. The Labute approximate surface area is 179 Å². The van der Waals surface area contributed by atoms with Crippen LogP contribution in [-0.4, -0.2) is 34.5 Å². The van der Waals surface area contributed by atoms with Crippen LogP contribution in [0.25, 0.3) is 33.1 Å². The molecule has 3 aromatic carbocycles. The fourth-order valence-electron chi connectivity index (χ4n) is 3.98. The van der Waals surface area contributed by atoms with Crippen molar-refractivity contribution in [1.82, 2.24) is 15.2 Å². The van der Waals surface area contributed by atoms with Gasteiger partial charge in [-0.25, -0.2) is 4.98 Å². The Kier molecular flexibility index (Phi) is 4.67. The molecule has 0 saturated carbocycles. The molecule has 0 unspecified atom stereocenters. The standard InChI is InChI=1S/C25H21N3O3/c1-30-21-13-18-19(14-22(21)31-2)24(16-9-6-10-17(29)12-16)26-25-23(18)20(27-28-25)11-15-7-4-3-5-8-15/h3-10,12-14,29H,11H2,1-2H3,(H,26,27,28). The van der Waals surface area contributed by atoms with Gasteiger partial charge >= 0.3 is 0 Å². The van der Waals surface area contributed by atoms with E-state index in [0.717, 1.165) is 33.1 Å². The minimum atomic E-state index is 0.183. The van der Waals surface area contributed by atoms with Gasteiger partial charge in [-0.1, -0.05) is 42.5 Å². The van der Waals surface area contributed by atoms with E-state index in [1.807, 2.05) is 36.4 Å². The van der Waals surface area contributed by atoms with Gasteiger partial charge in [0.25, 0.3) is 0 Å². The topological polar surface area (TPSA) is 80.3 Å². The van der Waals surface area contributed by atoms with Gasteiger partial charge in [-0.05, 0) is 29.8 Å². The number of phenolic OH excluding ortho intramolecular Hbond substituents is 1.